The Morgan fingerprint density at radius 3 is 2.43 bits per heavy atom. The Hall–Kier alpha value is -3.31. The van der Waals surface area contributed by atoms with E-state index < -0.39 is 12.1 Å². The smallest absolute Gasteiger partial charge is 0.347 e. The van der Waals surface area contributed by atoms with Crippen LogP contribution in [0.2, 0.25) is 0 Å². The molecule has 2 aromatic rings. The van der Waals surface area contributed by atoms with Crippen molar-refractivity contribution in [3.8, 4) is 17.9 Å². The molecule has 1 unspecified atom stereocenters. The largest absolute Gasteiger partial charge is 0.479 e. The summed E-state index contributed by atoms with van der Waals surface area (Å²) < 4.78 is 10.7. The normalized spacial score (nSPS) is 10.9. The predicted octanol–water partition coefficient (Wildman–Crippen LogP) is 2.94. The second-order valence-corrected chi connectivity index (χ2v) is 4.77. The topological polar surface area (TPSA) is 83.1 Å². The summed E-state index contributed by atoms with van der Waals surface area (Å²) in [6.45, 7) is 1.60. The van der Waals surface area contributed by atoms with Gasteiger partial charge in [0.15, 0.2) is 6.10 Å². The number of benzene rings is 2. The van der Waals surface area contributed by atoms with E-state index in [9.17, 15) is 4.79 Å². The fraction of sp³-hybridized carbons (Fsp3) is 0.167. The SMILES string of the molecule is CC(Oc1ccc(C#N)cc1)C(=O)OCc1ccccc1C#N. The molecule has 0 fully saturated rings. The van der Waals surface area contributed by atoms with Gasteiger partial charge in [-0.3, -0.25) is 0 Å². The van der Waals surface area contributed by atoms with Crippen LogP contribution in [0.15, 0.2) is 48.5 Å². The van der Waals surface area contributed by atoms with Gasteiger partial charge in [-0.25, -0.2) is 4.79 Å². The standard InChI is InChI=1S/C18H14N2O3/c1-13(23-17-8-6-14(10-19)7-9-17)18(21)22-12-16-5-3-2-4-15(16)11-20/h2-9,13H,12H2,1H3. The van der Waals surface area contributed by atoms with Crippen LogP contribution in [-0.2, 0) is 16.1 Å². The Balaban J connectivity index is 1.92. The molecule has 0 heterocycles. The van der Waals surface area contributed by atoms with E-state index in [4.69, 9.17) is 20.0 Å². The molecule has 0 amide bonds. The first-order valence-corrected chi connectivity index (χ1v) is 6.95. The molecule has 1 atom stereocenters. The van der Waals surface area contributed by atoms with Crippen molar-refractivity contribution >= 4 is 5.97 Å². The van der Waals surface area contributed by atoms with Crippen LogP contribution in [0.5, 0.6) is 5.75 Å². The molecule has 23 heavy (non-hydrogen) atoms. The fourth-order valence-electron chi connectivity index (χ4n) is 1.88. The number of carbonyl (C=O) groups excluding carboxylic acids is 1. The number of carbonyl (C=O) groups is 1. The molecule has 114 valence electrons. The van der Waals surface area contributed by atoms with Crippen molar-refractivity contribution in [3.05, 3.63) is 65.2 Å². The maximum atomic E-state index is 12.0. The quantitative estimate of drug-likeness (QED) is 0.793. The Labute approximate surface area is 134 Å². The van der Waals surface area contributed by atoms with E-state index in [2.05, 4.69) is 6.07 Å². The maximum absolute atomic E-state index is 12.0. The third-order valence-electron chi connectivity index (χ3n) is 3.14. The minimum absolute atomic E-state index is 0.0175. The molecule has 2 aromatic carbocycles. The zero-order chi connectivity index (χ0) is 16.7. The van der Waals surface area contributed by atoms with Gasteiger partial charge < -0.3 is 9.47 Å². The monoisotopic (exact) mass is 306 g/mol. The summed E-state index contributed by atoms with van der Waals surface area (Å²) in [6, 6.07) is 17.4. The second kappa shape index (κ2) is 7.63. The molecule has 0 spiro atoms. The lowest BCUT2D eigenvalue weighted by Gasteiger charge is -2.14. The summed E-state index contributed by atoms with van der Waals surface area (Å²) in [5, 5.41) is 17.7. The van der Waals surface area contributed by atoms with Gasteiger partial charge >= 0.3 is 5.97 Å². The Morgan fingerprint density at radius 2 is 1.78 bits per heavy atom. The Morgan fingerprint density at radius 1 is 1.09 bits per heavy atom. The molecule has 0 aromatic heterocycles. The highest BCUT2D eigenvalue weighted by atomic mass is 16.6. The van der Waals surface area contributed by atoms with Crippen LogP contribution in [0.25, 0.3) is 0 Å². The molecule has 0 saturated heterocycles. The van der Waals surface area contributed by atoms with E-state index in [1.54, 1.807) is 55.5 Å². The van der Waals surface area contributed by atoms with Gasteiger partial charge in [0, 0.05) is 5.56 Å². The highest BCUT2D eigenvalue weighted by molar-refractivity contribution is 5.74. The van der Waals surface area contributed by atoms with Crippen molar-refractivity contribution in [2.24, 2.45) is 0 Å². The highest BCUT2D eigenvalue weighted by Crippen LogP contribution is 2.15. The number of hydrogen-bond donors (Lipinski definition) is 0. The molecule has 2 rings (SSSR count). The van der Waals surface area contributed by atoms with Crippen molar-refractivity contribution in [1.82, 2.24) is 0 Å². The van der Waals surface area contributed by atoms with E-state index in [1.165, 1.54) is 0 Å². The van der Waals surface area contributed by atoms with Crippen molar-refractivity contribution < 1.29 is 14.3 Å². The third kappa shape index (κ3) is 4.33. The molecule has 0 bridgehead atoms. The Bertz CT molecular complexity index is 770. The van der Waals surface area contributed by atoms with E-state index >= 15 is 0 Å². The highest BCUT2D eigenvalue weighted by Gasteiger charge is 2.17. The molecule has 0 aliphatic heterocycles. The first-order chi connectivity index (χ1) is 11.1. The van der Waals surface area contributed by atoms with Crippen LogP contribution >= 0.6 is 0 Å². The van der Waals surface area contributed by atoms with Gasteiger partial charge in [-0.1, -0.05) is 18.2 Å². The van der Waals surface area contributed by atoms with Gasteiger partial charge in [0.05, 0.1) is 23.3 Å². The average molecular weight is 306 g/mol. The zero-order valence-electron chi connectivity index (χ0n) is 12.5. The molecule has 5 nitrogen and oxygen atoms in total. The van der Waals surface area contributed by atoms with Gasteiger partial charge in [-0.05, 0) is 37.3 Å². The third-order valence-corrected chi connectivity index (χ3v) is 3.14. The lowest BCUT2D eigenvalue weighted by molar-refractivity contribution is -0.152. The van der Waals surface area contributed by atoms with Crippen LogP contribution in [0.3, 0.4) is 0 Å². The number of rotatable bonds is 5. The molecular weight excluding hydrogens is 292 g/mol. The van der Waals surface area contributed by atoms with Gasteiger partial charge in [0.2, 0.25) is 0 Å². The average Bonchev–Trinajstić information content (AvgIpc) is 2.60. The summed E-state index contributed by atoms with van der Waals surface area (Å²) in [5.74, 6) is -0.0482. The lowest BCUT2D eigenvalue weighted by atomic mass is 10.1. The number of esters is 1. The van der Waals surface area contributed by atoms with Crippen LogP contribution in [0, 0.1) is 22.7 Å². The maximum Gasteiger partial charge on any atom is 0.347 e. The van der Waals surface area contributed by atoms with Crippen LogP contribution in [0.4, 0.5) is 0 Å². The summed E-state index contributed by atoms with van der Waals surface area (Å²) in [7, 11) is 0. The van der Waals surface area contributed by atoms with Crippen LogP contribution in [0.1, 0.15) is 23.6 Å². The first kappa shape index (κ1) is 16.1. The van der Waals surface area contributed by atoms with Crippen molar-refractivity contribution in [2.75, 3.05) is 0 Å². The van der Waals surface area contributed by atoms with E-state index in [0.717, 1.165) is 0 Å². The minimum Gasteiger partial charge on any atom is -0.479 e. The minimum atomic E-state index is -0.794. The number of hydrogen-bond acceptors (Lipinski definition) is 5. The molecule has 0 saturated carbocycles. The number of nitriles is 2. The Kier molecular flexibility index (Phi) is 5.33. The van der Waals surface area contributed by atoms with Crippen molar-refractivity contribution in [2.45, 2.75) is 19.6 Å². The van der Waals surface area contributed by atoms with Crippen LogP contribution < -0.4 is 4.74 Å². The lowest BCUT2D eigenvalue weighted by Crippen LogP contribution is -2.26. The number of ether oxygens (including phenoxy) is 2. The number of nitrogens with zero attached hydrogens (tertiary/aromatic N) is 2. The summed E-state index contributed by atoms with van der Waals surface area (Å²) >= 11 is 0. The molecular formula is C18H14N2O3. The van der Waals surface area contributed by atoms with Gasteiger partial charge in [-0.2, -0.15) is 10.5 Å². The summed E-state index contributed by atoms with van der Waals surface area (Å²) in [6.07, 6.45) is -0.794. The molecule has 0 aliphatic rings. The predicted molar refractivity (Wildman–Crippen MR) is 82.2 cm³/mol. The van der Waals surface area contributed by atoms with Crippen molar-refractivity contribution in [1.29, 1.82) is 10.5 Å². The van der Waals surface area contributed by atoms with Gasteiger partial charge in [0.1, 0.15) is 12.4 Å². The molecule has 0 radical (unpaired) electrons. The molecule has 0 N–H and O–H groups in total. The second-order valence-electron chi connectivity index (χ2n) is 4.77. The van der Waals surface area contributed by atoms with E-state index in [0.29, 0.717) is 22.4 Å². The van der Waals surface area contributed by atoms with E-state index in [-0.39, 0.29) is 6.61 Å². The van der Waals surface area contributed by atoms with Gasteiger partial charge in [0.25, 0.3) is 0 Å². The zero-order valence-corrected chi connectivity index (χ0v) is 12.5. The molecule has 5 heteroatoms. The molecule has 0 aliphatic carbocycles. The van der Waals surface area contributed by atoms with Gasteiger partial charge in [-0.15, -0.1) is 0 Å². The van der Waals surface area contributed by atoms with E-state index in [1.807, 2.05) is 6.07 Å². The first-order valence-electron chi connectivity index (χ1n) is 6.95. The summed E-state index contributed by atoms with van der Waals surface area (Å²) in [5.41, 5.74) is 1.63. The van der Waals surface area contributed by atoms with Crippen molar-refractivity contribution in [3.63, 3.8) is 0 Å². The van der Waals surface area contributed by atoms with Crippen LogP contribution in [-0.4, -0.2) is 12.1 Å². The fourth-order valence-corrected chi connectivity index (χ4v) is 1.88. The summed E-state index contributed by atoms with van der Waals surface area (Å²) in [4.78, 5) is 12.0.